The van der Waals surface area contributed by atoms with Crippen molar-refractivity contribution in [3.63, 3.8) is 0 Å². The number of fused-ring (bicyclic) bond motifs is 1. The second-order valence-corrected chi connectivity index (χ2v) is 9.47. The molecule has 0 atom stereocenters. The van der Waals surface area contributed by atoms with Crippen molar-refractivity contribution in [1.82, 2.24) is 9.88 Å². The number of aromatic nitrogens is 1. The number of aryl methyl sites for hydroxylation is 1. The predicted octanol–water partition coefficient (Wildman–Crippen LogP) is 6.07. The molecule has 4 N–H and O–H groups in total. The van der Waals surface area contributed by atoms with Gasteiger partial charge in [0.2, 0.25) is 5.91 Å². The first kappa shape index (κ1) is 26.2. The van der Waals surface area contributed by atoms with Crippen LogP contribution in [0, 0.1) is 0 Å². The summed E-state index contributed by atoms with van der Waals surface area (Å²) in [5, 5.41) is 10.8. The summed E-state index contributed by atoms with van der Waals surface area (Å²) in [6.07, 6.45) is 8.99. The highest BCUT2D eigenvalue weighted by molar-refractivity contribution is 5.86. The van der Waals surface area contributed by atoms with Crippen LogP contribution in [0.3, 0.4) is 0 Å². The van der Waals surface area contributed by atoms with Crippen molar-refractivity contribution in [2.45, 2.75) is 38.5 Å². The van der Waals surface area contributed by atoms with Crippen molar-refractivity contribution < 1.29 is 9.90 Å². The van der Waals surface area contributed by atoms with Crippen LogP contribution in [-0.4, -0.2) is 40.5 Å². The first-order valence-corrected chi connectivity index (χ1v) is 13.2. The number of amides is 1. The molecule has 0 unspecified atom stereocenters. The minimum atomic E-state index is 0.173. The minimum Gasteiger partial charge on any atom is -0.508 e. The smallest absolute Gasteiger partial charge is 0.223 e. The fraction of sp³-hybridized carbons (Fsp3) is 0.281. The van der Waals surface area contributed by atoms with Gasteiger partial charge in [-0.2, -0.15) is 0 Å². The summed E-state index contributed by atoms with van der Waals surface area (Å²) in [6.45, 7) is 2.03. The SMILES string of the molecule is NCCCCCN(C/C=C\c1ccccc1)C(=O)CCc1c(Cc2ccc(O)cc2)[nH]c2ccccc12. The molecule has 0 radical (unpaired) electrons. The van der Waals surface area contributed by atoms with E-state index in [2.05, 4.69) is 41.4 Å². The summed E-state index contributed by atoms with van der Waals surface area (Å²) in [7, 11) is 0. The molecule has 0 aliphatic heterocycles. The van der Waals surface area contributed by atoms with E-state index in [-0.39, 0.29) is 11.7 Å². The fourth-order valence-electron chi connectivity index (χ4n) is 4.72. The number of phenols is 1. The number of aromatic hydroxyl groups is 1. The topological polar surface area (TPSA) is 82.3 Å². The van der Waals surface area contributed by atoms with Gasteiger partial charge < -0.3 is 20.7 Å². The normalized spacial score (nSPS) is 11.4. The quantitative estimate of drug-likeness (QED) is 0.197. The highest BCUT2D eigenvalue weighted by atomic mass is 16.3. The van der Waals surface area contributed by atoms with E-state index in [0.29, 0.717) is 25.9 Å². The van der Waals surface area contributed by atoms with E-state index in [1.807, 2.05) is 47.4 Å². The Morgan fingerprint density at radius 2 is 1.68 bits per heavy atom. The maximum Gasteiger partial charge on any atom is 0.223 e. The number of hydrogen-bond donors (Lipinski definition) is 3. The van der Waals surface area contributed by atoms with Gasteiger partial charge in [0.15, 0.2) is 0 Å². The number of rotatable bonds is 13. The molecule has 1 amide bonds. The number of benzene rings is 3. The van der Waals surface area contributed by atoms with E-state index in [4.69, 9.17) is 5.73 Å². The fourth-order valence-corrected chi connectivity index (χ4v) is 4.72. The van der Waals surface area contributed by atoms with Gasteiger partial charge in [0.25, 0.3) is 0 Å². The largest absolute Gasteiger partial charge is 0.508 e. The summed E-state index contributed by atoms with van der Waals surface area (Å²) < 4.78 is 0. The number of nitrogens with two attached hydrogens (primary N) is 1. The lowest BCUT2D eigenvalue weighted by Gasteiger charge is -2.21. The molecule has 0 fully saturated rings. The molecule has 0 aliphatic rings. The Bertz CT molecular complexity index is 1290. The second-order valence-electron chi connectivity index (χ2n) is 9.47. The molecule has 1 aromatic heterocycles. The molecule has 0 saturated heterocycles. The Hall–Kier alpha value is -3.83. The average Bonchev–Trinajstić information content (AvgIpc) is 3.27. The predicted molar refractivity (Wildman–Crippen MR) is 152 cm³/mol. The van der Waals surface area contributed by atoms with Crippen molar-refractivity contribution in [1.29, 1.82) is 0 Å². The third kappa shape index (κ3) is 7.58. The van der Waals surface area contributed by atoms with Gasteiger partial charge in [-0.25, -0.2) is 0 Å². The van der Waals surface area contributed by atoms with Crippen molar-refractivity contribution >= 4 is 22.9 Å². The number of carbonyl (C=O) groups is 1. The first-order chi connectivity index (χ1) is 18.1. The van der Waals surface area contributed by atoms with Crippen LogP contribution in [-0.2, 0) is 17.6 Å². The molecule has 3 aromatic carbocycles. The van der Waals surface area contributed by atoms with Gasteiger partial charge in [0.05, 0.1) is 0 Å². The van der Waals surface area contributed by atoms with Gasteiger partial charge in [-0.3, -0.25) is 4.79 Å². The molecular formula is C32H37N3O2. The standard InChI is InChI=1S/C32H37N3O2/c33-21-7-2-8-22-35(23-9-12-25-10-3-1-4-11-25)32(37)20-19-29-28-13-5-6-14-30(28)34-31(29)24-26-15-17-27(36)18-16-26/h1,3-6,9-18,34,36H,2,7-8,19-24,33H2/b12-9-. The summed E-state index contributed by atoms with van der Waals surface area (Å²) in [6, 6.07) is 25.8. The Kier molecular flexibility index (Phi) is 9.55. The molecule has 37 heavy (non-hydrogen) atoms. The van der Waals surface area contributed by atoms with Crippen molar-refractivity contribution in [3.05, 3.63) is 107 Å². The molecule has 0 aliphatic carbocycles. The maximum atomic E-state index is 13.4. The molecule has 192 valence electrons. The third-order valence-corrected chi connectivity index (χ3v) is 6.73. The molecule has 0 bridgehead atoms. The van der Waals surface area contributed by atoms with E-state index in [1.54, 1.807) is 12.1 Å². The zero-order valence-electron chi connectivity index (χ0n) is 21.4. The number of hydrogen-bond acceptors (Lipinski definition) is 3. The molecule has 0 saturated carbocycles. The van der Waals surface area contributed by atoms with Gasteiger partial charge in [-0.05, 0) is 60.7 Å². The summed E-state index contributed by atoms with van der Waals surface area (Å²) in [5.41, 5.74) is 11.3. The molecule has 4 aromatic rings. The zero-order chi connectivity index (χ0) is 25.9. The molecular weight excluding hydrogens is 458 g/mol. The van der Waals surface area contributed by atoms with Gasteiger partial charge >= 0.3 is 0 Å². The van der Waals surface area contributed by atoms with Crippen molar-refractivity contribution in [2.75, 3.05) is 19.6 Å². The molecule has 1 heterocycles. The molecule has 5 nitrogen and oxygen atoms in total. The third-order valence-electron chi connectivity index (χ3n) is 6.73. The monoisotopic (exact) mass is 495 g/mol. The first-order valence-electron chi connectivity index (χ1n) is 13.2. The minimum absolute atomic E-state index is 0.173. The molecule has 5 heteroatoms. The van der Waals surface area contributed by atoms with Crippen LogP contribution in [0.4, 0.5) is 0 Å². The summed E-state index contributed by atoms with van der Waals surface area (Å²) >= 11 is 0. The van der Waals surface area contributed by atoms with Crippen LogP contribution in [0.15, 0.2) is 84.9 Å². The highest BCUT2D eigenvalue weighted by Crippen LogP contribution is 2.26. The Balaban J connectivity index is 1.47. The van der Waals surface area contributed by atoms with E-state index < -0.39 is 0 Å². The maximum absolute atomic E-state index is 13.4. The summed E-state index contributed by atoms with van der Waals surface area (Å²) in [4.78, 5) is 19.0. The zero-order valence-corrected chi connectivity index (χ0v) is 21.4. The Labute approximate surface area is 219 Å². The van der Waals surface area contributed by atoms with E-state index in [1.165, 1.54) is 10.9 Å². The lowest BCUT2D eigenvalue weighted by molar-refractivity contribution is -0.130. The van der Waals surface area contributed by atoms with Gasteiger partial charge in [0.1, 0.15) is 5.75 Å². The van der Waals surface area contributed by atoms with Gasteiger partial charge in [-0.15, -0.1) is 0 Å². The van der Waals surface area contributed by atoms with Crippen LogP contribution >= 0.6 is 0 Å². The molecule has 4 rings (SSSR count). The number of aromatic amines is 1. The lowest BCUT2D eigenvalue weighted by Crippen LogP contribution is -2.32. The van der Waals surface area contributed by atoms with Crippen LogP contribution in [0.5, 0.6) is 5.75 Å². The molecule has 0 spiro atoms. The van der Waals surface area contributed by atoms with Crippen LogP contribution in [0.2, 0.25) is 0 Å². The Morgan fingerprint density at radius 3 is 2.46 bits per heavy atom. The van der Waals surface area contributed by atoms with E-state index in [9.17, 15) is 9.90 Å². The van der Waals surface area contributed by atoms with Crippen molar-refractivity contribution in [2.24, 2.45) is 5.73 Å². The number of unbranched alkanes of at least 4 members (excludes halogenated alkanes) is 2. The lowest BCUT2D eigenvalue weighted by atomic mass is 10.0. The number of para-hydroxylation sites is 1. The van der Waals surface area contributed by atoms with Crippen molar-refractivity contribution in [3.8, 4) is 5.75 Å². The average molecular weight is 496 g/mol. The second kappa shape index (κ2) is 13.5. The van der Waals surface area contributed by atoms with Crippen LogP contribution in [0.1, 0.15) is 48.1 Å². The number of nitrogens with one attached hydrogen (secondary N) is 1. The van der Waals surface area contributed by atoms with Crippen LogP contribution < -0.4 is 5.73 Å². The highest BCUT2D eigenvalue weighted by Gasteiger charge is 2.17. The summed E-state index contributed by atoms with van der Waals surface area (Å²) in [5.74, 6) is 0.436. The number of phenolic OH excluding ortho intramolecular Hbond substituents is 1. The Morgan fingerprint density at radius 1 is 0.919 bits per heavy atom. The number of nitrogens with zero attached hydrogens (tertiary/aromatic N) is 1. The van der Waals surface area contributed by atoms with Gasteiger partial charge in [-0.1, -0.05) is 79.2 Å². The van der Waals surface area contributed by atoms with Crippen LogP contribution in [0.25, 0.3) is 17.0 Å². The van der Waals surface area contributed by atoms with Gasteiger partial charge in [0, 0.05) is 42.5 Å². The van der Waals surface area contributed by atoms with E-state index in [0.717, 1.165) is 54.6 Å². The number of carbonyl (C=O) groups excluding carboxylic acids is 1. The van der Waals surface area contributed by atoms with E-state index >= 15 is 0 Å². The number of H-pyrrole nitrogens is 1.